The van der Waals surface area contributed by atoms with Crippen molar-refractivity contribution in [2.75, 3.05) is 19.6 Å². The van der Waals surface area contributed by atoms with Gasteiger partial charge in [0.25, 0.3) is 0 Å². The van der Waals surface area contributed by atoms with E-state index in [-0.39, 0.29) is 4.90 Å². The Hall–Kier alpha value is -1.20. The van der Waals surface area contributed by atoms with Gasteiger partial charge in [-0.1, -0.05) is 12.1 Å². The Labute approximate surface area is 106 Å². The SMILES string of the molecule is O=S1(=O)C(CN2CCCC2)=Cc2cccc(F)c21. The molecule has 0 unspecified atom stereocenters. The largest absolute Gasteiger partial charge is 0.298 e. The Morgan fingerprint density at radius 3 is 2.61 bits per heavy atom. The maximum Gasteiger partial charge on any atom is 0.207 e. The number of rotatable bonds is 2. The van der Waals surface area contributed by atoms with Crippen LogP contribution in [0.3, 0.4) is 0 Å². The van der Waals surface area contributed by atoms with Gasteiger partial charge in [-0.25, -0.2) is 12.8 Å². The third kappa shape index (κ3) is 1.78. The van der Waals surface area contributed by atoms with E-state index in [4.69, 9.17) is 0 Å². The standard InChI is InChI=1S/C13H14FNO2S/c14-12-5-3-4-10-8-11(18(16,17)13(10)12)9-15-6-1-2-7-15/h3-5,8H,1-2,6-7,9H2. The van der Waals surface area contributed by atoms with Gasteiger partial charge in [-0.3, -0.25) is 4.90 Å². The molecule has 1 saturated heterocycles. The lowest BCUT2D eigenvalue weighted by Crippen LogP contribution is -2.24. The summed E-state index contributed by atoms with van der Waals surface area (Å²) in [5, 5.41) is 0. The number of benzene rings is 1. The van der Waals surface area contributed by atoms with Crippen molar-refractivity contribution in [2.24, 2.45) is 0 Å². The number of sulfone groups is 1. The fraction of sp³-hybridized carbons (Fsp3) is 0.385. The van der Waals surface area contributed by atoms with Crippen molar-refractivity contribution in [2.45, 2.75) is 17.7 Å². The molecule has 2 aliphatic heterocycles. The van der Waals surface area contributed by atoms with Crippen molar-refractivity contribution in [3.05, 3.63) is 34.5 Å². The Bertz CT molecular complexity index is 616. The molecule has 0 amide bonds. The number of hydrogen-bond donors (Lipinski definition) is 0. The highest BCUT2D eigenvalue weighted by atomic mass is 32.2. The van der Waals surface area contributed by atoms with E-state index in [0.717, 1.165) is 25.9 Å². The third-order valence-electron chi connectivity index (χ3n) is 3.51. The number of hydrogen-bond acceptors (Lipinski definition) is 3. The van der Waals surface area contributed by atoms with E-state index in [1.165, 1.54) is 6.07 Å². The number of nitrogens with zero attached hydrogens (tertiary/aromatic N) is 1. The van der Waals surface area contributed by atoms with Crippen LogP contribution in [0.25, 0.3) is 6.08 Å². The zero-order valence-electron chi connectivity index (χ0n) is 9.89. The molecular weight excluding hydrogens is 253 g/mol. The lowest BCUT2D eigenvalue weighted by Gasteiger charge is -2.14. The molecule has 0 aliphatic carbocycles. The highest BCUT2D eigenvalue weighted by Crippen LogP contribution is 2.35. The first-order valence-corrected chi connectivity index (χ1v) is 7.54. The Kier molecular flexibility index (Phi) is 2.75. The zero-order chi connectivity index (χ0) is 12.8. The zero-order valence-corrected chi connectivity index (χ0v) is 10.7. The molecule has 3 rings (SSSR count). The molecule has 2 aliphatic rings. The van der Waals surface area contributed by atoms with Crippen LogP contribution < -0.4 is 0 Å². The summed E-state index contributed by atoms with van der Waals surface area (Å²) in [6.07, 6.45) is 3.81. The molecule has 0 N–H and O–H groups in total. The fourth-order valence-corrected chi connectivity index (χ4v) is 4.26. The van der Waals surface area contributed by atoms with E-state index in [2.05, 4.69) is 4.90 Å². The molecule has 0 bridgehead atoms. The molecular formula is C13H14FNO2S. The Balaban J connectivity index is 1.97. The van der Waals surface area contributed by atoms with Gasteiger partial charge in [-0.15, -0.1) is 0 Å². The molecule has 96 valence electrons. The van der Waals surface area contributed by atoms with Crippen LogP contribution in [0.15, 0.2) is 28.0 Å². The maximum absolute atomic E-state index is 13.6. The summed E-state index contributed by atoms with van der Waals surface area (Å²) in [5.74, 6) is -0.653. The second-order valence-electron chi connectivity index (χ2n) is 4.76. The summed E-state index contributed by atoms with van der Waals surface area (Å²) in [6.45, 7) is 2.24. The van der Waals surface area contributed by atoms with Crippen molar-refractivity contribution in [3.63, 3.8) is 0 Å². The summed E-state index contributed by atoms with van der Waals surface area (Å²) < 4.78 is 38.2. The van der Waals surface area contributed by atoms with E-state index in [1.54, 1.807) is 18.2 Å². The maximum atomic E-state index is 13.6. The van der Waals surface area contributed by atoms with E-state index in [1.807, 2.05) is 0 Å². The first-order chi connectivity index (χ1) is 8.59. The average Bonchev–Trinajstić information content (AvgIpc) is 2.88. The van der Waals surface area contributed by atoms with Crippen LogP contribution in [0, 0.1) is 5.82 Å². The first kappa shape index (κ1) is 11.9. The molecule has 0 saturated carbocycles. The summed E-state index contributed by atoms with van der Waals surface area (Å²) in [5.41, 5.74) is 0.476. The monoisotopic (exact) mass is 267 g/mol. The Morgan fingerprint density at radius 2 is 1.94 bits per heavy atom. The molecule has 0 radical (unpaired) electrons. The van der Waals surface area contributed by atoms with Gasteiger partial charge in [-0.2, -0.15) is 0 Å². The van der Waals surface area contributed by atoms with Crippen LogP contribution in [-0.2, 0) is 9.84 Å². The van der Waals surface area contributed by atoms with Crippen molar-refractivity contribution in [1.29, 1.82) is 0 Å². The van der Waals surface area contributed by atoms with Gasteiger partial charge in [0.1, 0.15) is 10.7 Å². The van der Waals surface area contributed by atoms with Gasteiger partial charge in [-0.05, 0) is 43.6 Å². The average molecular weight is 267 g/mol. The minimum Gasteiger partial charge on any atom is -0.298 e. The fourth-order valence-electron chi connectivity index (χ4n) is 2.60. The van der Waals surface area contributed by atoms with Crippen molar-refractivity contribution in [1.82, 2.24) is 4.90 Å². The van der Waals surface area contributed by atoms with Gasteiger partial charge < -0.3 is 0 Å². The van der Waals surface area contributed by atoms with Gasteiger partial charge in [0.2, 0.25) is 9.84 Å². The van der Waals surface area contributed by atoms with Crippen molar-refractivity contribution < 1.29 is 12.8 Å². The Morgan fingerprint density at radius 1 is 1.22 bits per heavy atom. The van der Waals surface area contributed by atoms with Crippen molar-refractivity contribution >= 4 is 15.9 Å². The highest BCUT2D eigenvalue weighted by molar-refractivity contribution is 7.95. The number of likely N-dealkylation sites (tertiary alicyclic amines) is 1. The summed E-state index contributed by atoms with van der Waals surface area (Å²) in [6, 6.07) is 4.38. The smallest absolute Gasteiger partial charge is 0.207 e. The summed E-state index contributed by atoms with van der Waals surface area (Å²) >= 11 is 0. The molecule has 0 aromatic heterocycles. The lowest BCUT2D eigenvalue weighted by molar-refractivity contribution is 0.374. The molecule has 0 spiro atoms. The van der Waals surface area contributed by atoms with Crippen LogP contribution in [0.1, 0.15) is 18.4 Å². The van der Waals surface area contributed by atoms with Gasteiger partial charge in [0.15, 0.2) is 0 Å². The van der Waals surface area contributed by atoms with E-state index < -0.39 is 15.7 Å². The number of fused-ring (bicyclic) bond motifs is 1. The topological polar surface area (TPSA) is 37.4 Å². The van der Waals surface area contributed by atoms with E-state index >= 15 is 0 Å². The molecule has 5 heteroatoms. The van der Waals surface area contributed by atoms with Crippen LogP contribution in [0.4, 0.5) is 4.39 Å². The lowest BCUT2D eigenvalue weighted by atomic mass is 10.2. The molecule has 1 fully saturated rings. The van der Waals surface area contributed by atoms with Crippen LogP contribution in [-0.4, -0.2) is 33.0 Å². The minimum absolute atomic E-state index is 0.154. The molecule has 3 nitrogen and oxygen atoms in total. The first-order valence-electron chi connectivity index (χ1n) is 6.05. The quantitative estimate of drug-likeness (QED) is 0.823. The van der Waals surface area contributed by atoms with Gasteiger partial charge in [0.05, 0.1) is 4.91 Å². The van der Waals surface area contributed by atoms with Crippen LogP contribution >= 0.6 is 0 Å². The summed E-state index contributed by atoms with van der Waals surface area (Å²) in [7, 11) is -3.62. The van der Waals surface area contributed by atoms with Crippen molar-refractivity contribution in [3.8, 4) is 0 Å². The molecule has 1 aromatic carbocycles. The molecule has 18 heavy (non-hydrogen) atoms. The molecule has 0 atom stereocenters. The predicted octanol–water partition coefficient (Wildman–Crippen LogP) is 2.05. The summed E-state index contributed by atoms with van der Waals surface area (Å²) in [4.78, 5) is 2.27. The van der Waals surface area contributed by atoms with Crippen LogP contribution in [0.2, 0.25) is 0 Å². The van der Waals surface area contributed by atoms with Gasteiger partial charge in [0, 0.05) is 6.54 Å². The molecule has 1 aromatic rings. The second-order valence-corrected chi connectivity index (χ2v) is 6.70. The van der Waals surface area contributed by atoms with E-state index in [0.29, 0.717) is 17.0 Å². The van der Waals surface area contributed by atoms with Gasteiger partial charge >= 0.3 is 0 Å². The highest BCUT2D eigenvalue weighted by Gasteiger charge is 2.33. The van der Waals surface area contributed by atoms with Crippen LogP contribution in [0.5, 0.6) is 0 Å². The second kappa shape index (κ2) is 4.17. The normalized spacial score (nSPS) is 21.9. The minimum atomic E-state index is -3.62. The predicted molar refractivity (Wildman–Crippen MR) is 67.2 cm³/mol. The third-order valence-corrected chi connectivity index (χ3v) is 5.41. The molecule has 2 heterocycles. The number of halogens is 1. The van der Waals surface area contributed by atoms with E-state index in [9.17, 15) is 12.8 Å².